The van der Waals surface area contributed by atoms with Gasteiger partial charge in [0.25, 0.3) is 0 Å². The molecule has 1 nitrogen and oxygen atoms in total. The number of nitrogens with one attached hydrogen (secondary N) is 1. The Kier molecular flexibility index (Phi) is 7.11. The van der Waals surface area contributed by atoms with Gasteiger partial charge in [0.2, 0.25) is 0 Å². The van der Waals surface area contributed by atoms with Crippen molar-refractivity contribution in [3.8, 4) is 0 Å². The maximum Gasteiger partial charge on any atom is 0.00954 e. The maximum absolute atomic E-state index is 3.77. The van der Waals surface area contributed by atoms with Crippen LogP contribution in [-0.4, -0.2) is 12.6 Å². The van der Waals surface area contributed by atoms with Crippen molar-refractivity contribution >= 4 is 0 Å². The average molecular weight is 225 g/mol. The minimum Gasteiger partial charge on any atom is -0.314 e. The molecule has 0 aromatic heterocycles. The molecule has 1 saturated carbocycles. The van der Waals surface area contributed by atoms with Gasteiger partial charge in [0.05, 0.1) is 0 Å². The van der Waals surface area contributed by atoms with Gasteiger partial charge in [-0.05, 0) is 37.6 Å². The summed E-state index contributed by atoms with van der Waals surface area (Å²) in [4.78, 5) is 0. The predicted molar refractivity (Wildman–Crippen MR) is 72.7 cm³/mol. The molecule has 16 heavy (non-hydrogen) atoms. The summed E-state index contributed by atoms with van der Waals surface area (Å²) in [5.74, 6) is 1.89. The number of unbranched alkanes of at least 4 members (excludes halogenated alkanes) is 4. The lowest BCUT2D eigenvalue weighted by Gasteiger charge is -2.21. The topological polar surface area (TPSA) is 12.0 Å². The van der Waals surface area contributed by atoms with E-state index in [1.165, 1.54) is 57.9 Å². The number of hydrogen-bond acceptors (Lipinski definition) is 1. The van der Waals surface area contributed by atoms with Crippen molar-refractivity contribution in [3.05, 3.63) is 0 Å². The van der Waals surface area contributed by atoms with Gasteiger partial charge in [-0.25, -0.2) is 0 Å². The molecular weight excluding hydrogens is 194 g/mol. The smallest absolute Gasteiger partial charge is 0.00954 e. The van der Waals surface area contributed by atoms with Crippen molar-refractivity contribution in [2.75, 3.05) is 6.54 Å². The molecule has 1 fully saturated rings. The standard InChI is InChI=1S/C15H31N/c1-4-6-7-8-9-12-16-15-11-10-14(5-2)13(15)3/h13-16H,4-12H2,1-3H3. The van der Waals surface area contributed by atoms with Gasteiger partial charge in [-0.3, -0.25) is 0 Å². The van der Waals surface area contributed by atoms with Crippen LogP contribution in [0.3, 0.4) is 0 Å². The predicted octanol–water partition coefficient (Wildman–Crippen LogP) is 4.37. The highest BCUT2D eigenvalue weighted by molar-refractivity contribution is 4.86. The van der Waals surface area contributed by atoms with Gasteiger partial charge in [0.1, 0.15) is 0 Å². The molecule has 0 radical (unpaired) electrons. The SMILES string of the molecule is CCCCCCCNC1CCC(CC)C1C. The van der Waals surface area contributed by atoms with Crippen molar-refractivity contribution in [1.29, 1.82) is 0 Å². The Morgan fingerprint density at radius 2 is 1.75 bits per heavy atom. The quantitative estimate of drug-likeness (QED) is 0.605. The molecule has 1 heteroatoms. The van der Waals surface area contributed by atoms with Crippen molar-refractivity contribution in [1.82, 2.24) is 5.32 Å². The van der Waals surface area contributed by atoms with Gasteiger partial charge in [0.15, 0.2) is 0 Å². The molecule has 1 aliphatic rings. The number of hydrogen-bond donors (Lipinski definition) is 1. The fourth-order valence-corrected chi connectivity index (χ4v) is 3.13. The fourth-order valence-electron chi connectivity index (χ4n) is 3.13. The highest BCUT2D eigenvalue weighted by Crippen LogP contribution is 2.33. The Morgan fingerprint density at radius 1 is 1.00 bits per heavy atom. The minimum atomic E-state index is 0.816. The zero-order valence-corrected chi connectivity index (χ0v) is 11.6. The van der Waals surface area contributed by atoms with Gasteiger partial charge >= 0.3 is 0 Å². The van der Waals surface area contributed by atoms with E-state index < -0.39 is 0 Å². The molecule has 0 heterocycles. The molecule has 0 spiro atoms. The normalized spacial score (nSPS) is 29.8. The second-order valence-electron chi connectivity index (χ2n) is 5.58. The first-order valence-electron chi connectivity index (χ1n) is 7.53. The van der Waals surface area contributed by atoms with E-state index in [1.807, 2.05) is 0 Å². The van der Waals surface area contributed by atoms with Crippen LogP contribution in [0.25, 0.3) is 0 Å². The second-order valence-corrected chi connectivity index (χ2v) is 5.58. The zero-order valence-electron chi connectivity index (χ0n) is 11.6. The molecule has 0 saturated heterocycles. The van der Waals surface area contributed by atoms with Crippen molar-refractivity contribution in [2.24, 2.45) is 11.8 Å². The molecule has 3 atom stereocenters. The van der Waals surface area contributed by atoms with Gasteiger partial charge in [-0.15, -0.1) is 0 Å². The monoisotopic (exact) mass is 225 g/mol. The molecule has 3 unspecified atom stereocenters. The van der Waals surface area contributed by atoms with Crippen LogP contribution >= 0.6 is 0 Å². The van der Waals surface area contributed by atoms with E-state index >= 15 is 0 Å². The third-order valence-electron chi connectivity index (χ3n) is 4.44. The Hall–Kier alpha value is -0.0400. The van der Waals surface area contributed by atoms with Crippen LogP contribution in [0, 0.1) is 11.8 Å². The second kappa shape index (κ2) is 8.11. The summed E-state index contributed by atoms with van der Waals surface area (Å²) in [5.41, 5.74) is 0. The minimum absolute atomic E-state index is 0.816. The molecular formula is C15H31N. The first-order chi connectivity index (χ1) is 7.79. The Bertz CT molecular complexity index is 167. The summed E-state index contributed by atoms with van der Waals surface area (Å²) < 4.78 is 0. The fraction of sp³-hybridized carbons (Fsp3) is 1.00. The molecule has 0 aliphatic heterocycles. The maximum atomic E-state index is 3.77. The largest absolute Gasteiger partial charge is 0.314 e. The van der Waals surface area contributed by atoms with E-state index in [-0.39, 0.29) is 0 Å². The molecule has 0 aromatic rings. The van der Waals surface area contributed by atoms with Gasteiger partial charge < -0.3 is 5.32 Å². The Morgan fingerprint density at radius 3 is 2.38 bits per heavy atom. The lowest BCUT2D eigenvalue weighted by Crippen LogP contribution is -2.33. The number of rotatable bonds is 8. The van der Waals surface area contributed by atoms with Crippen LogP contribution in [-0.2, 0) is 0 Å². The van der Waals surface area contributed by atoms with E-state index in [0.29, 0.717) is 0 Å². The first kappa shape index (κ1) is 14.0. The Labute approximate surface area is 102 Å². The van der Waals surface area contributed by atoms with Gasteiger partial charge in [0, 0.05) is 6.04 Å². The van der Waals surface area contributed by atoms with Crippen LogP contribution < -0.4 is 5.32 Å². The van der Waals surface area contributed by atoms with Gasteiger partial charge in [-0.1, -0.05) is 52.9 Å². The molecule has 1 rings (SSSR count). The first-order valence-corrected chi connectivity index (χ1v) is 7.53. The van der Waals surface area contributed by atoms with Crippen molar-refractivity contribution in [2.45, 2.75) is 78.2 Å². The van der Waals surface area contributed by atoms with Gasteiger partial charge in [-0.2, -0.15) is 0 Å². The lowest BCUT2D eigenvalue weighted by molar-refractivity contribution is 0.343. The van der Waals surface area contributed by atoms with Crippen LogP contribution in [0.1, 0.15) is 72.1 Å². The zero-order chi connectivity index (χ0) is 11.8. The summed E-state index contributed by atoms with van der Waals surface area (Å²) in [6, 6.07) is 0.816. The molecule has 1 N–H and O–H groups in total. The highest BCUT2D eigenvalue weighted by atomic mass is 14.9. The van der Waals surface area contributed by atoms with Crippen LogP contribution in [0.5, 0.6) is 0 Å². The van der Waals surface area contributed by atoms with E-state index in [9.17, 15) is 0 Å². The van der Waals surface area contributed by atoms with E-state index in [2.05, 4.69) is 26.1 Å². The summed E-state index contributed by atoms with van der Waals surface area (Å²) in [6.45, 7) is 8.31. The summed E-state index contributed by atoms with van der Waals surface area (Å²) in [7, 11) is 0. The third kappa shape index (κ3) is 4.45. The average Bonchev–Trinajstić information content (AvgIpc) is 2.65. The molecule has 96 valence electrons. The summed E-state index contributed by atoms with van der Waals surface area (Å²) >= 11 is 0. The van der Waals surface area contributed by atoms with Crippen LogP contribution in [0.15, 0.2) is 0 Å². The molecule has 0 bridgehead atoms. The molecule has 1 aliphatic carbocycles. The van der Waals surface area contributed by atoms with Crippen LogP contribution in [0.4, 0.5) is 0 Å². The molecule has 0 aromatic carbocycles. The van der Waals surface area contributed by atoms with Crippen molar-refractivity contribution in [3.63, 3.8) is 0 Å². The summed E-state index contributed by atoms with van der Waals surface area (Å²) in [6.07, 6.45) is 11.2. The van der Waals surface area contributed by atoms with E-state index in [0.717, 1.165) is 17.9 Å². The lowest BCUT2D eigenvalue weighted by atomic mass is 9.93. The summed E-state index contributed by atoms with van der Waals surface area (Å²) in [5, 5.41) is 3.77. The van der Waals surface area contributed by atoms with Crippen molar-refractivity contribution < 1.29 is 0 Å². The van der Waals surface area contributed by atoms with E-state index in [4.69, 9.17) is 0 Å². The third-order valence-corrected chi connectivity index (χ3v) is 4.44. The van der Waals surface area contributed by atoms with Crippen LogP contribution in [0.2, 0.25) is 0 Å². The van der Waals surface area contributed by atoms with E-state index in [1.54, 1.807) is 0 Å². The highest BCUT2D eigenvalue weighted by Gasteiger charge is 2.30. The molecule has 0 amide bonds. The Balaban J connectivity index is 2.01.